The van der Waals surface area contributed by atoms with Gasteiger partial charge in [0.25, 0.3) is 11.8 Å². The molecule has 0 bridgehead atoms. The fourth-order valence-electron chi connectivity index (χ4n) is 2.55. The number of hydrazine groups is 1. The minimum atomic E-state index is -0.443. The molecule has 2 aromatic rings. The van der Waals surface area contributed by atoms with Gasteiger partial charge < -0.3 is 9.47 Å². The first-order chi connectivity index (χ1) is 13.7. The van der Waals surface area contributed by atoms with E-state index in [4.69, 9.17) is 9.47 Å². The van der Waals surface area contributed by atoms with Gasteiger partial charge >= 0.3 is 0 Å². The second-order valence-electron chi connectivity index (χ2n) is 6.30. The van der Waals surface area contributed by atoms with E-state index < -0.39 is 11.8 Å². The lowest BCUT2D eigenvalue weighted by Gasteiger charge is -2.13. The Hall–Kier alpha value is -3.02. The Morgan fingerprint density at radius 3 is 1.71 bits per heavy atom. The molecule has 0 atom stereocenters. The summed E-state index contributed by atoms with van der Waals surface area (Å²) in [6, 6.07) is 13.9. The molecule has 2 rings (SSSR count). The summed E-state index contributed by atoms with van der Waals surface area (Å²) in [4.78, 5) is 25.0. The Labute approximate surface area is 166 Å². The summed E-state index contributed by atoms with van der Waals surface area (Å²) in [7, 11) is 0. The van der Waals surface area contributed by atoms with Crippen molar-refractivity contribution in [2.24, 2.45) is 0 Å². The van der Waals surface area contributed by atoms with Crippen LogP contribution in [0.3, 0.4) is 0 Å². The van der Waals surface area contributed by atoms with Gasteiger partial charge in [-0.05, 0) is 37.1 Å². The van der Waals surface area contributed by atoms with Crippen LogP contribution in [0.25, 0.3) is 0 Å². The maximum absolute atomic E-state index is 12.5. The molecule has 0 spiro atoms. The van der Waals surface area contributed by atoms with Gasteiger partial charge in [-0.15, -0.1) is 0 Å². The first kappa shape index (κ1) is 21.3. The molecule has 0 aliphatic rings. The molecule has 0 radical (unpaired) electrons. The van der Waals surface area contributed by atoms with E-state index in [-0.39, 0.29) is 0 Å². The highest BCUT2D eigenvalue weighted by molar-refractivity contribution is 6.01. The van der Waals surface area contributed by atoms with Gasteiger partial charge in [0.1, 0.15) is 11.5 Å². The van der Waals surface area contributed by atoms with E-state index in [2.05, 4.69) is 17.8 Å². The number of carbonyl (C=O) groups excluding carboxylic acids is 2. The van der Waals surface area contributed by atoms with Gasteiger partial charge in [-0.2, -0.15) is 0 Å². The molecule has 150 valence electrons. The van der Waals surface area contributed by atoms with Crippen LogP contribution in [0.15, 0.2) is 48.5 Å². The summed E-state index contributed by atoms with van der Waals surface area (Å²) >= 11 is 0. The number of hydrogen-bond donors (Lipinski definition) is 2. The van der Waals surface area contributed by atoms with Gasteiger partial charge in [0, 0.05) is 0 Å². The third-order valence-electron chi connectivity index (χ3n) is 4.02. The number of benzene rings is 2. The fourth-order valence-corrected chi connectivity index (χ4v) is 2.55. The monoisotopic (exact) mass is 384 g/mol. The largest absolute Gasteiger partial charge is 0.493 e. The SMILES string of the molecule is CCCCCOc1ccccc1C(=O)NNC(=O)c1ccccc1OCCC. The molecular formula is C22H28N2O4. The molecule has 0 aliphatic carbocycles. The van der Waals surface area contributed by atoms with Crippen molar-refractivity contribution < 1.29 is 19.1 Å². The lowest BCUT2D eigenvalue weighted by Crippen LogP contribution is -2.41. The van der Waals surface area contributed by atoms with Gasteiger partial charge in [-0.25, -0.2) is 0 Å². The Bertz CT molecular complexity index is 777. The number of carbonyl (C=O) groups is 2. The predicted molar refractivity (Wildman–Crippen MR) is 109 cm³/mol. The van der Waals surface area contributed by atoms with Crippen molar-refractivity contribution in [2.45, 2.75) is 39.5 Å². The molecular weight excluding hydrogens is 356 g/mol. The van der Waals surface area contributed by atoms with Crippen LogP contribution in [-0.4, -0.2) is 25.0 Å². The molecule has 0 heterocycles. The highest BCUT2D eigenvalue weighted by Crippen LogP contribution is 2.19. The zero-order valence-electron chi connectivity index (χ0n) is 16.5. The molecule has 2 aromatic carbocycles. The van der Waals surface area contributed by atoms with Gasteiger partial charge in [0.05, 0.1) is 24.3 Å². The Balaban J connectivity index is 1.98. The van der Waals surface area contributed by atoms with Crippen molar-refractivity contribution in [3.05, 3.63) is 59.7 Å². The highest BCUT2D eigenvalue weighted by atomic mass is 16.5. The van der Waals surface area contributed by atoms with Crippen LogP contribution in [0.4, 0.5) is 0 Å². The predicted octanol–water partition coefficient (Wildman–Crippen LogP) is 4.12. The number of ether oxygens (including phenoxy) is 2. The van der Waals surface area contributed by atoms with Crippen LogP contribution in [0.5, 0.6) is 11.5 Å². The van der Waals surface area contributed by atoms with Crippen molar-refractivity contribution in [2.75, 3.05) is 13.2 Å². The number of hydrogen-bond acceptors (Lipinski definition) is 4. The van der Waals surface area contributed by atoms with Crippen molar-refractivity contribution in [1.82, 2.24) is 10.9 Å². The fraction of sp³-hybridized carbons (Fsp3) is 0.364. The van der Waals surface area contributed by atoms with E-state index in [1.165, 1.54) is 0 Å². The summed E-state index contributed by atoms with van der Waals surface area (Å²) in [5.74, 6) is 0.0978. The highest BCUT2D eigenvalue weighted by Gasteiger charge is 2.16. The quantitative estimate of drug-likeness (QED) is 0.477. The molecule has 0 unspecified atom stereocenters. The van der Waals surface area contributed by atoms with E-state index >= 15 is 0 Å². The Kier molecular flexibility index (Phi) is 8.85. The standard InChI is InChI=1S/C22H28N2O4/c1-3-5-10-16-28-20-14-9-7-12-18(20)22(26)24-23-21(25)17-11-6-8-13-19(17)27-15-4-2/h6-9,11-14H,3-5,10,15-16H2,1-2H3,(H,23,25)(H,24,26). The maximum Gasteiger partial charge on any atom is 0.273 e. The van der Waals surface area contributed by atoms with Crippen LogP contribution in [0.2, 0.25) is 0 Å². The summed E-state index contributed by atoms with van der Waals surface area (Å²) in [6.07, 6.45) is 3.93. The molecule has 0 aromatic heterocycles. The van der Waals surface area contributed by atoms with Crippen molar-refractivity contribution in [3.8, 4) is 11.5 Å². The van der Waals surface area contributed by atoms with Gasteiger partial charge in [-0.1, -0.05) is 51.0 Å². The maximum atomic E-state index is 12.5. The third kappa shape index (κ3) is 6.30. The van der Waals surface area contributed by atoms with Crippen LogP contribution < -0.4 is 20.3 Å². The number of para-hydroxylation sites is 2. The summed E-state index contributed by atoms with van der Waals surface area (Å²) < 4.78 is 11.3. The van der Waals surface area contributed by atoms with Crippen LogP contribution in [-0.2, 0) is 0 Å². The zero-order chi connectivity index (χ0) is 20.2. The second kappa shape index (κ2) is 11.6. The van der Waals surface area contributed by atoms with E-state index in [0.717, 1.165) is 25.7 Å². The summed E-state index contributed by atoms with van der Waals surface area (Å²) in [5, 5.41) is 0. The number of amides is 2. The molecule has 6 nitrogen and oxygen atoms in total. The first-order valence-corrected chi connectivity index (χ1v) is 9.71. The van der Waals surface area contributed by atoms with Gasteiger partial charge in [-0.3, -0.25) is 20.4 Å². The van der Waals surface area contributed by atoms with E-state index in [9.17, 15) is 9.59 Å². The lowest BCUT2D eigenvalue weighted by atomic mass is 10.2. The zero-order valence-corrected chi connectivity index (χ0v) is 16.5. The Morgan fingerprint density at radius 2 is 1.21 bits per heavy atom. The third-order valence-corrected chi connectivity index (χ3v) is 4.02. The molecule has 6 heteroatoms. The van der Waals surface area contributed by atoms with Gasteiger partial charge in [0.2, 0.25) is 0 Å². The number of unbranched alkanes of at least 4 members (excludes halogenated alkanes) is 2. The number of rotatable bonds is 10. The summed E-state index contributed by atoms with van der Waals surface area (Å²) in [6.45, 7) is 5.17. The van der Waals surface area contributed by atoms with E-state index in [0.29, 0.717) is 35.8 Å². The van der Waals surface area contributed by atoms with Crippen LogP contribution in [0, 0.1) is 0 Å². The normalized spacial score (nSPS) is 10.2. The smallest absolute Gasteiger partial charge is 0.273 e. The molecule has 0 fully saturated rings. The molecule has 0 saturated heterocycles. The molecule has 0 saturated carbocycles. The van der Waals surface area contributed by atoms with E-state index in [1.54, 1.807) is 42.5 Å². The second-order valence-corrected chi connectivity index (χ2v) is 6.30. The average molecular weight is 384 g/mol. The van der Waals surface area contributed by atoms with Gasteiger partial charge in [0.15, 0.2) is 0 Å². The van der Waals surface area contributed by atoms with Crippen LogP contribution >= 0.6 is 0 Å². The summed E-state index contributed by atoms with van der Waals surface area (Å²) in [5.41, 5.74) is 5.62. The molecule has 28 heavy (non-hydrogen) atoms. The molecule has 2 amide bonds. The Morgan fingerprint density at radius 1 is 0.714 bits per heavy atom. The molecule has 0 aliphatic heterocycles. The molecule has 2 N–H and O–H groups in total. The van der Waals surface area contributed by atoms with Crippen molar-refractivity contribution >= 4 is 11.8 Å². The first-order valence-electron chi connectivity index (χ1n) is 9.71. The van der Waals surface area contributed by atoms with Crippen molar-refractivity contribution in [3.63, 3.8) is 0 Å². The number of nitrogens with one attached hydrogen (secondary N) is 2. The van der Waals surface area contributed by atoms with E-state index in [1.807, 2.05) is 13.0 Å². The minimum Gasteiger partial charge on any atom is -0.493 e. The lowest BCUT2D eigenvalue weighted by molar-refractivity contribution is 0.0842. The topological polar surface area (TPSA) is 76.7 Å². The van der Waals surface area contributed by atoms with Crippen molar-refractivity contribution in [1.29, 1.82) is 0 Å². The minimum absolute atomic E-state index is 0.361. The average Bonchev–Trinajstić information content (AvgIpc) is 2.74. The van der Waals surface area contributed by atoms with Crippen LogP contribution in [0.1, 0.15) is 60.2 Å².